The van der Waals surface area contributed by atoms with Crippen molar-refractivity contribution in [3.63, 3.8) is 0 Å². The van der Waals surface area contributed by atoms with Gasteiger partial charge in [0, 0.05) is 0 Å². The molecule has 0 atom stereocenters. The number of ether oxygens (including phenoxy) is 2. The Balaban J connectivity index is 4.25. The van der Waals surface area contributed by atoms with Crippen LogP contribution >= 0.6 is 0 Å². The Bertz CT molecular complexity index is 263. The maximum Gasteiger partial charge on any atom is 0.509 e. The summed E-state index contributed by atoms with van der Waals surface area (Å²) in [7, 11) is 0. The Morgan fingerprint density at radius 1 is 0.800 bits per heavy atom. The Kier molecular flexibility index (Phi) is 7.61. The van der Waals surface area contributed by atoms with Crippen molar-refractivity contribution in [2.24, 2.45) is 11.8 Å². The molecule has 3 heteroatoms. The Morgan fingerprint density at radius 2 is 1.10 bits per heavy atom. The van der Waals surface area contributed by atoms with Gasteiger partial charge in [0.15, 0.2) is 0 Å². The van der Waals surface area contributed by atoms with Gasteiger partial charge in [0.1, 0.15) is 11.2 Å². The highest BCUT2D eigenvalue weighted by Crippen LogP contribution is 2.24. The summed E-state index contributed by atoms with van der Waals surface area (Å²) in [6.07, 6.45) is 3.24. The molecule has 0 fully saturated rings. The Morgan fingerprint density at radius 3 is 1.35 bits per heavy atom. The van der Waals surface area contributed by atoms with Crippen LogP contribution in [0.15, 0.2) is 0 Å². The van der Waals surface area contributed by atoms with E-state index in [4.69, 9.17) is 9.47 Å². The first kappa shape index (κ1) is 19.3. The number of carbonyl (C=O) groups excluding carboxylic acids is 1. The third-order valence-corrected chi connectivity index (χ3v) is 3.37. The molecule has 0 aromatic carbocycles. The average Bonchev–Trinajstić information content (AvgIpc) is 2.22. The molecule has 0 unspecified atom stereocenters. The highest BCUT2D eigenvalue weighted by atomic mass is 16.7. The van der Waals surface area contributed by atoms with E-state index in [1.165, 1.54) is 0 Å². The van der Waals surface area contributed by atoms with E-state index in [1.807, 2.05) is 27.7 Å². The van der Waals surface area contributed by atoms with Crippen molar-refractivity contribution in [2.75, 3.05) is 0 Å². The van der Waals surface area contributed by atoms with Crippen LogP contribution in [-0.4, -0.2) is 17.4 Å². The lowest BCUT2D eigenvalue weighted by Gasteiger charge is -2.30. The van der Waals surface area contributed by atoms with Gasteiger partial charge < -0.3 is 9.47 Å². The van der Waals surface area contributed by atoms with Crippen molar-refractivity contribution < 1.29 is 14.3 Å². The first-order valence-electron chi connectivity index (χ1n) is 7.85. The minimum Gasteiger partial charge on any atom is -0.428 e. The van der Waals surface area contributed by atoms with Crippen molar-refractivity contribution >= 4 is 6.16 Å². The molecule has 0 saturated heterocycles. The second-order valence-electron chi connectivity index (χ2n) is 7.84. The molecular formula is C17H34O3. The largest absolute Gasteiger partial charge is 0.509 e. The second kappa shape index (κ2) is 7.90. The molecule has 0 aliphatic carbocycles. The minimum atomic E-state index is -0.549. The summed E-state index contributed by atoms with van der Waals surface area (Å²) in [5.41, 5.74) is -0.926. The van der Waals surface area contributed by atoms with Crippen LogP contribution in [-0.2, 0) is 9.47 Å². The molecule has 20 heavy (non-hydrogen) atoms. The highest BCUT2D eigenvalue weighted by Gasteiger charge is 2.29. The monoisotopic (exact) mass is 286 g/mol. The minimum absolute atomic E-state index is 0.463. The summed E-state index contributed by atoms with van der Waals surface area (Å²) in [5, 5.41) is 0. The maximum atomic E-state index is 11.9. The van der Waals surface area contributed by atoms with Crippen LogP contribution in [0, 0.1) is 11.8 Å². The smallest absolute Gasteiger partial charge is 0.428 e. The molecule has 0 N–H and O–H groups in total. The number of hydrogen-bond acceptors (Lipinski definition) is 3. The lowest BCUT2D eigenvalue weighted by molar-refractivity contribution is -0.0657. The Labute approximate surface area is 125 Å². The van der Waals surface area contributed by atoms with Crippen LogP contribution in [0.5, 0.6) is 0 Å². The van der Waals surface area contributed by atoms with Crippen LogP contribution in [0.25, 0.3) is 0 Å². The summed E-state index contributed by atoms with van der Waals surface area (Å²) < 4.78 is 10.9. The van der Waals surface area contributed by atoms with E-state index in [1.54, 1.807) is 0 Å². The second-order valence-corrected chi connectivity index (χ2v) is 7.84. The zero-order valence-corrected chi connectivity index (χ0v) is 14.7. The van der Waals surface area contributed by atoms with E-state index in [-0.39, 0.29) is 0 Å². The summed E-state index contributed by atoms with van der Waals surface area (Å²) in [6.45, 7) is 16.4. The van der Waals surface area contributed by atoms with E-state index in [9.17, 15) is 4.79 Å². The molecule has 0 spiro atoms. The molecule has 120 valence electrons. The first-order chi connectivity index (χ1) is 8.93. The number of rotatable bonds is 8. The molecule has 3 nitrogen and oxygen atoms in total. The van der Waals surface area contributed by atoms with Gasteiger partial charge in [-0.3, -0.25) is 0 Å². The molecule has 0 aliphatic heterocycles. The molecule has 0 amide bonds. The van der Waals surface area contributed by atoms with Crippen molar-refractivity contribution in [2.45, 2.75) is 92.3 Å². The normalized spacial score (nSPS) is 12.9. The van der Waals surface area contributed by atoms with E-state index in [0.29, 0.717) is 11.8 Å². The third-order valence-electron chi connectivity index (χ3n) is 3.37. The highest BCUT2D eigenvalue weighted by molar-refractivity contribution is 5.61. The molecule has 0 radical (unpaired) electrons. The molecule has 0 aromatic heterocycles. The average molecular weight is 286 g/mol. The SMILES string of the molecule is CC(C)CCC(C)(C)OC(=O)OC(C)(C)CCC(C)C. The lowest BCUT2D eigenvalue weighted by Crippen LogP contribution is -2.34. The maximum absolute atomic E-state index is 11.9. The van der Waals surface area contributed by atoms with Crippen LogP contribution < -0.4 is 0 Å². The van der Waals surface area contributed by atoms with Gasteiger partial charge in [0.2, 0.25) is 0 Å². The van der Waals surface area contributed by atoms with Crippen LogP contribution in [0.3, 0.4) is 0 Å². The molecule has 0 aliphatic rings. The number of hydrogen-bond donors (Lipinski definition) is 0. The quantitative estimate of drug-likeness (QED) is 0.547. The van der Waals surface area contributed by atoms with Crippen LogP contribution in [0.2, 0.25) is 0 Å². The third kappa shape index (κ3) is 10.1. The summed E-state index contributed by atoms with van der Waals surface area (Å²) >= 11 is 0. The van der Waals surface area contributed by atoms with Gasteiger partial charge in [-0.15, -0.1) is 0 Å². The summed E-state index contributed by atoms with van der Waals surface area (Å²) in [6, 6.07) is 0. The van der Waals surface area contributed by atoms with Crippen molar-refractivity contribution in [1.29, 1.82) is 0 Å². The van der Waals surface area contributed by atoms with Crippen molar-refractivity contribution in [3.8, 4) is 0 Å². The molecule has 0 saturated carbocycles. The summed E-state index contributed by atoms with van der Waals surface area (Å²) in [5.74, 6) is 1.22. The first-order valence-corrected chi connectivity index (χ1v) is 7.85. The van der Waals surface area contributed by atoms with E-state index >= 15 is 0 Å². The Hall–Kier alpha value is -0.730. The lowest BCUT2D eigenvalue weighted by atomic mass is 9.96. The van der Waals surface area contributed by atoms with Gasteiger partial charge >= 0.3 is 6.16 Å². The van der Waals surface area contributed by atoms with Gasteiger partial charge in [-0.05, 0) is 65.2 Å². The fourth-order valence-corrected chi connectivity index (χ4v) is 1.85. The molecule has 0 bridgehead atoms. The van der Waals surface area contributed by atoms with Gasteiger partial charge in [-0.2, -0.15) is 0 Å². The van der Waals surface area contributed by atoms with E-state index in [0.717, 1.165) is 25.7 Å². The zero-order valence-electron chi connectivity index (χ0n) is 14.7. The standard InChI is InChI=1S/C17H34O3/c1-13(2)9-11-16(5,6)19-15(18)20-17(7,8)12-10-14(3)4/h13-14H,9-12H2,1-8H3. The molecule has 0 rings (SSSR count). The van der Waals surface area contributed by atoms with E-state index < -0.39 is 17.4 Å². The topological polar surface area (TPSA) is 35.5 Å². The number of carbonyl (C=O) groups is 1. The van der Waals surface area contributed by atoms with Gasteiger partial charge in [-0.1, -0.05) is 27.7 Å². The zero-order chi connectivity index (χ0) is 16.0. The predicted octanol–water partition coefficient (Wildman–Crippen LogP) is 5.57. The van der Waals surface area contributed by atoms with Gasteiger partial charge in [0.05, 0.1) is 0 Å². The van der Waals surface area contributed by atoms with Crippen molar-refractivity contribution in [1.82, 2.24) is 0 Å². The van der Waals surface area contributed by atoms with Crippen LogP contribution in [0.4, 0.5) is 4.79 Å². The fraction of sp³-hybridized carbons (Fsp3) is 0.941. The van der Waals surface area contributed by atoms with Gasteiger partial charge in [0.25, 0.3) is 0 Å². The molecule has 0 aromatic rings. The molecular weight excluding hydrogens is 252 g/mol. The predicted molar refractivity (Wildman–Crippen MR) is 83.9 cm³/mol. The van der Waals surface area contributed by atoms with E-state index in [2.05, 4.69) is 27.7 Å². The fourth-order valence-electron chi connectivity index (χ4n) is 1.85. The molecule has 0 heterocycles. The summed E-state index contributed by atoms with van der Waals surface area (Å²) in [4.78, 5) is 11.9. The van der Waals surface area contributed by atoms with Crippen molar-refractivity contribution in [3.05, 3.63) is 0 Å². The van der Waals surface area contributed by atoms with Crippen LogP contribution in [0.1, 0.15) is 81.1 Å². The van der Waals surface area contributed by atoms with Gasteiger partial charge in [-0.25, -0.2) is 4.79 Å².